The lowest BCUT2D eigenvalue weighted by molar-refractivity contribution is 0.0512. The Hall–Kier alpha value is -1.69. The number of aromatic nitrogens is 3. The van der Waals surface area contributed by atoms with Crippen molar-refractivity contribution in [3.63, 3.8) is 0 Å². The van der Waals surface area contributed by atoms with Gasteiger partial charge < -0.3 is 4.74 Å². The van der Waals surface area contributed by atoms with Crippen LogP contribution in [0.4, 0.5) is 0 Å². The normalized spacial score (nSPS) is 10.4. The summed E-state index contributed by atoms with van der Waals surface area (Å²) < 4.78 is 6.87. The highest BCUT2D eigenvalue weighted by molar-refractivity contribution is 9.10. The molecule has 0 radical (unpaired) electrons. The third kappa shape index (κ3) is 2.59. The maximum absolute atomic E-state index is 11.5. The molecule has 0 N–H and O–H groups in total. The Morgan fingerprint density at radius 2 is 2.06 bits per heavy atom. The molecule has 0 aliphatic carbocycles. The molecule has 2 rings (SSSR count). The minimum absolute atomic E-state index is 0.0456. The van der Waals surface area contributed by atoms with E-state index in [1.54, 1.807) is 11.6 Å². The number of nitrogens with zero attached hydrogens (tertiary/aromatic N) is 3. The van der Waals surface area contributed by atoms with Crippen LogP contribution in [0.25, 0.3) is 5.69 Å². The lowest BCUT2D eigenvalue weighted by atomic mass is 10.2. The van der Waals surface area contributed by atoms with Crippen molar-refractivity contribution in [2.45, 2.75) is 13.8 Å². The number of esters is 1. The Balaban J connectivity index is 2.34. The van der Waals surface area contributed by atoms with Gasteiger partial charge in [0.15, 0.2) is 0 Å². The van der Waals surface area contributed by atoms with E-state index in [-0.39, 0.29) is 5.82 Å². The molecule has 0 saturated heterocycles. The van der Waals surface area contributed by atoms with Gasteiger partial charge in [-0.25, -0.2) is 9.48 Å². The largest absolute Gasteiger partial charge is 0.460 e. The molecule has 0 aliphatic rings. The van der Waals surface area contributed by atoms with E-state index in [4.69, 9.17) is 4.74 Å². The Labute approximate surface area is 113 Å². The van der Waals surface area contributed by atoms with Crippen molar-refractivity contribution in [2.75, 3.05) is 6.61 Å². The van der Waals surface area contributed by atoms with Gasteiger partial charge >= 0.3 is 5.97 Å². The van der Waals surface area contributed by atoms with Crippen LogP contribution in [0, 0.1) is 6.92 Å². The van der Waals surface area contributed by atoms with Crippen LogP contribution in [0.2, 0.25) is 0 Å². The third-order valence-corrected chi connectivity index (χ3v) is 2.82. The fourth-order valence-electron chi connectivity index (χ4n) is 1.43. The summed E-state index contributed by atoms with van der Waals surface area (Å²) in [7, 11) is 0. The quantitative estimate of drug-likeness (QED) is 0.817. The number of hydrogen-bond acceptors (Lipinski definition) is 4. The highest BCUT2D eigenvalue weighted by atomic mass is 79.9. The molecular weight excluding hydrogens is 298 g/mol. The van der Waals surface area contributed by atoms with Crippen molar-refractivity contribution in [3.8, 4) is 5.69 Å². The number of hydrogen-bond donors (Lipinski definition) is 0. The van der Waals surface area contributed by atoms with Crippen LogP contribution >= 0.6 is 15.9 Å². The monoisotopic (exact) mass is 309 g/mol. The molecule has 0 atom stereocenters. The summed E-state index contributed by atoms with van der Waals surface area (Å²) >= 11 is 3.27. The smallest absolute Gasteiger partial charge is 0.378 e. The first kappa shape index (κ1) is 12.8. The molecule has 0 spiro atoms. The van der Waals surface area contributed by atoms with E-state index in [0.29, 0.717) is 11.3 Å². The second kappa shape index (κ2) is 5.30. The molecule has 0 amide bonds. The van der Waals surface area contributed by atoms with E-state index in [0.717, 1.165) is 11.3 Å². The zero-order valence-corrected chi connectivity index (χ0v) is 11.6. The molecule has 18 heavy (non-hydrogen) atoms. The van der Waals surface area contributed by atoms with Gasteiger partial charge in [-0.05, 0) is 41.9 Å². The third-order valence-electron chi connectivity index (χ3n) is 2.30. The topological polar surface area (TPSA) is 57.0 Å². The van der Waals surface area contributed by atoms with Crippen molar-refractivity contribution in [1.82, 2.24) is 14.8 Å². The fraction of sp³-hybridized carbons (Fsp3) is 0.250. The summed E-state index contributed by atoms with van der Waals surface area (Å²) in [6.45, 7) is 4.05. The second-order valence-electron chi connectivity index (χ2n) is 3.67. The molecule has 1 aromatic carbocycles. The van der Waals surface area contributed by atoms with E-state index in [1.165, 1.54) is 0 Å². The van der Waals surface area contributed by atoms with Gasteiger partial charge in [-0.15, -0.1) is 5.10 Å². The van der Waals surface area contributed by atoms with Crippen LogP contribution < -0.4 is 0 Å². The average molecular weight is 310 g/mol. The van der Waals surface area contributed by atoms with Crippen LogP contribution in [0.5, 0.6) is 0 Å². The van der Waals surface area contributed by atoms with Gasteiger partial charge in [-0.3, -0.25) is 0 Å². The van der Waals surface area contributed by atoms with Crippen LogP contribution in [-0.2, 0) is 4.74 Å². The van der Waals surface area contributed by atoms with Gasteiger partial charge in [0.1, 0.15) is 0 Å². The number of ether oxygens (including phenoxy) is 1. The van der Waals surface area contributed by atoms with Crippen LogP contribution in [0.3, 0.4) is 0 Å². The standard InChI is InChI=1S/C12H12BrN3O2/c1-3-18-11(17)10-14-12(13)16(15-10)9-6-4-8(2)5-7-9/h4-7H,3H2,1-2H3. The molecule has 0 aliphatic heterocycles. The van der Waals surface area contributed by atoms with Crippen LogP contribution in [0.15, 0.2) is 29.0 Å². The number of halogens is 1. The summed E-state index contributed by atoms with van der Waals surface area (Å²) in [6, 6.07) is 7.74. The molecule has 5 nitrogen and oxygen atoms in total. The molecule has 0 unspecified atom stereocenters. The minimum Gasteiger partial charge on any atom is -0.460 e. The maximum atomic E-state index is 11.5. The molecule has 2 aromatic rings. The van der Waals surface area contributed by atoms with Crippen molar-refractivity contribution >= 4 is 21.9 Å². The van der Waals surface area contributed by atoms with E-state index < -0.39 is 5.97 Å². The summed E-state index contributed by atoms with van der Waals surface area (Å²) in [4.78, 5) is 15.5. The fourth-order valence-corrected chi connectivity index (χ4v) is 1.88. The van der Waals surface area contributed by atoms with Gasteiger partial charge in [0.2, 0.25) is 4.73 Å². The van der Waals surface area contributed by atoms with Gasteiger partial charge in [-0.2, -0.15) is 4.98 Å². The van der Waals surface area contributed by atoms with E-state index in [1.807, 2.05) is 31.2 Å². The zero-order valence-electron chi connectivity index (χ0n) is 10.1. The molecule has 1 aromatic heterocycles. The number of rotatable bonds is 3. The van der Waals surface area contributed by atoms with Gasteiger partial charge in [-0.1, -0.05) is 17.7 Å². The SMILES string of the molecule is CCOC(=O)c1nc(Br)n(-c2ccc(C)cc2)n1. The molecular formula is C12H12BrN3O2. The van der Waals surface area contributed by atoms with Crippen molar-refractivity contribution in [2.24, 2.45) is 0 Å². The predicted octanol–water partition coefficient (Wildman–Crippen LogP) is 2.51. The Morgan fingerprint density at radius 1 is 1.39 bits per heavy atom. The first-order chi connectivity index (χ1) is 8.61. The maximum Gasteiger partial charge on any atom is 0.378 e. The van der Waals surface area contributed by atoms with Crippen LogP contribution in [-0.4, -0.2) is 27.3 Å². The lowest BCUT2D eigenvalue weighted by Gasteiger charge is -2.01. The first-order valence-corrected chi connectivity index (χ1v) is 6.28. The van der Waals surface area contributed by atoms with Crippen LogP contribution in [0.1, 0.15) is 23.1 Å². The van der Waals surface area contributed by atoms with Crippen molar-refractivity contribution in [3.05, 3.63) is 40.4 Å². The summed E-state index contributed by atoms with van der Waals surface area (Å²) in [5.74, 6) is -0.478. The number of carbonyl (C=O) groups excluding carboxylic acids is 1. The molecule has 0 bridgehead atoms. The number of carbonyl (C=O) groups is 1. The first-order valence-electron chi connectivity index (χ1n) is 5.48. The molecule has 6 heteroatoms. The second-order valence-corrected chi connectivity index (χ2v) is 4.38. The van der Waals surface area contributed by atoms with Gasteiger partial charge in [0.05, 0.1) is 12.3 Å². The van der Waals surface area contributed by atoms with E-state index in [9.17, 15) is 4.79 Å². The Bertz CT molecular complexity index is 563. The van der Waals surface area contributed by atoms with E-state index in [2.05, 4.69) is 26.0 Å². The van der Waals surface area contributed by atoms with Crippen molar-refractivity contribution in [1.29, 1.82) is 0 Å². The molecule has 0 fully saturated rings. The van der Waals surface area contributed by atoms with Crippen molar-refractivity contribution < 1.29 is 9.53 Å². The Kier molecular flexibility index (Phi) is 3.76. The minimum atomic E-state index is -0.524. The average Bonchev–Trinajstić information content (AvgIpc) is 2.73. The molecule has 0 saturated carbocycles. The molecule has 1 heterocycles. The van der Waals surface area contributed by atoms with Gasteiger partial charge in [0, 0.05) is 0 Å². The summed E-state index contributed by atoms with van der Waals surface area (Å²) in [6.07, 6.45) is 0. The summed E-state index contributed by atoms with van der Waals surface area (Å²) in [5.41, 5.74) is 1.98. The Morgan fingerprint density at radius 3 is 2.67 bits per heavy atom. The molecule has 94 valence electrons. The zero-order chi connectivity index (χ0) is 13.1. The lowest BCUT2D eigenvalue weighted by Crippen LogP contribution is -2.07. The van der Waals surface area contributed by atoms with E-state index >= 15 is 0 Å². The predicted molar refractivity (Wildman–Crippen MR) is 69.8 cm³/mol. The van der Waals surface area contributed by atoms with Gasteiger partial charge in [0.25, 0.3) is 5.82 Å². The highest BCUT2D eigenvalue weighted by Crippen LogP contribution is 2.15. The highest BCUT2D eigenvalue weighted by Gasteiger charge is 2.16. The number of aryl methyl sites for hydroxylation is 1. The number of benzene rings is 1. The summed E-state index contributed by atoms with van der Waals surface area (Å²) in [5, 5.41) is 4.11.